The van der Waals surface area contributed by atoms with Crippen molar-refractivity contribution < 1.29 is 4.74 Å². The van der Waals surface area contributed by atoms with Crippen LogP contribution < -0.4 is 10.6 Å². The van der Waals surface area contributed by atoms with E-state index in [0.29, 0.717) is 5.92 Å². The third-order valence-electron chi connectivity index (χ3n) is 3.41. The molecule has 1 fully saturated rings. The lowest BCUT2D eigenvalue weighted by Crippen LogP contribution is -2.37. The number of ether oxygens (including phenoxy) is 1. The van der Waals surface area contributed by atoms with Crippen LogP contribution in [0, 0.1) is 5.92 Å². The number of para-hydroxylation sites is 1. The fraction of sp³-hybridized carbons (Fsp3) is 0.600. The Labute approximate surface area is 110 Å². The second-order valence-electron chi connectivity index (χ2n) is 5.39. The number of hydrogen-bond donors (Lipinski definition) is 1. The monoisotopic (exact) mass is 248 g/mol. The first kappa shape index (κ1) is 13.4. The zero-order chi connectivity index (χ0) is 13.0. The van der Waals surface area contributed by atoms with Crippen molar-refractivity contribution >= 4 is 5.69 Å². The summed E-state index contributed by atoms with van der Waals surface area (Å²) in [4.78, 5) is 2.39. The molecule has 0 amide bonds. The van der Waals surface area contributed by atoms with E-state index >= 15 is 0 Å². The van der Waals surface area contributed by atoms with Gasteiger partial charge in [-0.25, -0.2) is 0 Å². The lowest BCUT2D eigenvalue weighted by Gasteiger charge is -2.32. The Morgan fingerprint density at radius 1 is 1.22 bits per heavy atom. The molecule has 1 aromatic rings. The Kier molecular flexibility index (Phi) is 4.61. The number of anilines is 1. The first-order chi connectivity index (χ1) is 8.68. The highest BCUT2D eigenvalue weighted by Gasteiger charge is 2.18. The van der Waals surface area contributed by atoms with Gasteiger partial charge in [-0.3, -0.25) is 0 Å². The van der Waals surface area contributed by atoms with E-state index in [1.807, 2.05) is 0 Å². The standard InChI is InChI=1S/C15H24N2O/c1-12(2)11-14(16)13-5-3-4-6-15(13)17-7-9-18-10-8-17/h3-6,12,14H,7-11,16H2,1-2H3. The van der Waals surface area contributed by atoms with Gasteiger partial charge in [0, 0.05) is 24.8 Å². The van der Waals surface area contributed by atoms with Gasteiger partial charge >= 0.3 is 0 Å². The largest absolute Gasteiger partial charge is 0.378 e. The normalized spacial score (nSPS) is 18.1. The number of nitrogens with two attached hydrogens (primary N) is 1. The minimum atomic E-state index is 0.129. The minimum Gasteiger partial charge on any atom is -0.378 e. The van der Waals surface area contributed by atoms with E-state index in [4.69, 9.17) is 10.5 Å². The van der Waals surface area contributed by atoms with Crippen molar-refractivity contribution in [2.24, 2.45) is 11.7 Å². The van der Waals surface area contributed by atoms with Crippen LogP contribution in [0.3, 0.4) is 0 Å². The third-order valence-corrected chi connectivity index (χ3v) is 3.41. The van der Waals surface area contributed by atoms with Crippen LogP contribution in [0.4, 0.5) is 5.69 Å². The Balaban J connectivity index is 2.18. The highest BCUT2D eigenvalue weighted by atomic mass is 16.5. The Morgan fingerprint density at radius 2 is 1.89 bits per heavy atom. The molecule has 3 heteroatoms. The predicted molar refractivity (Wildman–Crippen MR) is 75.9 cm³/mol. The zero-order valence-corrected chi connectivity index (χ0v) is 11.4. The van der Waals surface area contributed by atoms with Gasteiger partial charge in [0.25, 0.3) is 0 Å². The van der Waals surface area contributed by atoms with Gasteiger partial charge in [-0.1, -0.05) is 32.0 Å². The third kappa shape index (κ3) is 3.24. The van der Waals surface area contributed by atoms with Crippen molar-refractivity contribution in [3.63, 3.8) is 0 Å². The first-order valence-electron chi connectivity index (χ1n) is 6.85. The Hall–Kier alpha value is -1.06. The van der Waals surface area contributed by atoms with Crippen molar-refractivity contribution in [3.05, 3.63) is 29.8 Å². The molecule has 2 N–H and O–H groups in total. The maximum absolute atomic E-state index is 6.35. The number of hydrogen-bond acceptors (Lipinski definition) is 3. The smallest absolute Gasteiger partial charge is 0.0642 e. The molecule has 1 unspecified atom stereocenters. The molecular formula is C15H24N2O. The molecule has 2 rings (SSSR count). The van der Waals surface area contributed by atoms with Crippen LogP contribution in [-0.2, 0) is 4.74 Å². The lowest BCUT2D eigenvalue weighted by molar-refractivity contribution is 0.122. The summed E-state index contributed by atoms with van der Waals surface area (Å²) in [6.45, 7) is 7.99. The quantitative estimate of drug-likeness (QED) is 0.890. The van der Waals surface area contributed by atoms with Crippen molar-refractivity contribution in [1.82, 2.24) is 0 Å². The second-order valence-corrected chi connectivity index (χ2v) is 5.39. The molecule has 3 nitrogen and oxygen atoms in total. The molecule has 0 bridgehead atoms. The highest BCUT2D eigenvalue weighted by Crippen LogP contribution is 2.29. The SMILES string of the molecule is CC(C)CC(N)c1ccccc1N1CCOCC1. The van der Waals surface area contributed by atoms with Gasteiger partial charge in [0.1, 0.15) is 0 Å². The van der Waals surface area contributed by atoms with Gasteiger partial charge in [0.2, 0.25) is 0 Å². The maximum Gasteiger partial charge on any atom is 0.0642 e. The molecule has 1 saturated heterocycles. The summed E-state index contributed by atoms with van der Waals surface area (Å²) in [6, 6.07) is 8.65. The van der Waals surface area contributed by atoms with E-state index in [1.165, 1.54) is 11.3 Å². The molecule has 0 saturated carbocycles. The molecule has 0 aromatic heterocycles. The zero-order valence-electron chi connectivity index (χ0n) is 11.4. The molecule has 1 aliphatic heterocycles. The Bertz CT molecular complexity index is 373. The highest BCUT2D eigenvalue weighted by molar-refractivity contribution is 5.55. The number of rotatable bonds is 4. The number of nitrogens with zero attached hydrogens (tertiary/aromatic N) is 1. The number of morpholine rings is 1. The molecule has 0 radical (unpaired) electrons. The van der Waals surface area contributed by atoms with Crippen LogP contribution >= 0.6 is 0 Å². The van der Waals surface area contributed by atoms with Gasteiger partial charge in [-0.15, -0.1) is 0 Å². The van der Waals surface area contributed by atoms with Crippen molar-refractivity contribution in [2.45, 2.75) is 26.3 Å². The van der Waals surface area contributed by atoms with Gasteiger partial charge < -0.3 is 15.4 Å². The summed E-state index contributed by atoms with van der Waals surface area (Å²) in [5.41, 5.74) is 8.90. The minimum absolute atomic E-state index is 0.129. The van der Waals surface area contributed by atoms with Crippen LogP contribution in [0.5, 0.6) is 0 Å². The van der Waals surface area contributed by atoms with Crippen LogP contribution in [-0.4, -0.2) is 26.3 Å². The van der Waals surface area contributed by atoms with Gasteiger partial charge in [0.05, 0.1) is 13.2 Å². The van der Waals surface area contributed by atoms with Gasteiger partial charge in [-0.05, 0) is 24.0 Å². The predicted octanol–water partition coefficient (Wildman–Crippen LogP) is 2.57. The van der Waals surface area contributed by atoms with Crippen LogP contribution in [0.1, 0.15) is 31.9 Å². The molecule has 0 spiro atoms. The average Bonchev–Trinajstić information content (AvgIpc) is 2.39. The van der Waals surface area contributed by atoms with Gasteiger partial charge in [0.15, 0.2) is 0 Å². The molecule has 1 aliphatic rings. The van der Waals surface area contributed by atoms with Crippen molar-refractivity contribution in [2.75, 3.05) is 31.2 Å². The summed E-state index contributed by atoms with van der Waals surface area (Å²) in [5.74, 6) is 0.623. The fourth-order valence-electron chi connectivity index (χ4n) is 2.53. The lowest BCUT2D eigenvalue weighted by atomic mass is 9.96. The second kappa shape index (κ2) is 6.21. The molecule has 100 valence electrons. The first-order valence-corrected chi connectivity index (χ1v) is 6.85. The van der Waals surface area contributed by atoms with E-state index in [0.717, 1.165) is 32.7 Å². The average molecular weight is 248 g/mol. The number of benzene rings is 1. The molecule has 1 heterocycles. The summed E-state index contributed by atoms with van der Waals surface area (Å²) in [6.07, 6.45) is 1.03. The van der Waals surface area contributed by atoms with Crippen LogP contribution in [0.15, 0.2) is 24.3 Å². The summed E-state index contributed by atoms with van der Waals surface area (Å²) < 4.78 is 5.41. The van der Waals surface area contributed by atoms with E-state index in [-0.39, 0.29) is 6.04 Å². The molecule has 18 heavy (non-hydrogen) atoms. The maximum atomic E-state index is 6.35. The molecule has 1 aromatic carbocycles. The molecule has 0 aliphatic carbocycles. The van der Waals surface area contributed by atoms with E-state index in [9.17, 15) is 0 Å². The fourth-order valence-corrected chi connectivity index (χ4v) is 2.53. The summed E-state index contributed by atoms with van der Waals surface area (Å²) >= 11 is 0. The van der Waals surface area contributed by atoms with Crippen molar-refractivity contribution in [3.8, 4) is 0 Å². The van der Waals surface area contributed by atoms with Crippen LogP contribution in [0.25, 0.3) is 0 Å². The summed E-state index contributed by atoms with van der Waals surface area (Å²) in [5, 5.41) is 0. The van der Waals surface area contributed by atoms with E-state index < -0.39 is 0 Å². The Morgan fingerprint density at radius 3 is 2.56 bits per heavy atom. The topological polar surface area (TPSA) is 38.5 Å². The summed E-state index contributed by atoms with van der Waals surface area (Å²) in [7, 11) is 0. The molecular weight excluding hydrogens is 224 g/mol. The van der Waals surface area contributed by atoms with Crippen molar-refractivity contribution in [1.29, 1.82) is 0 Å². The van der Waals surface area contributed by atoms with E-state index in [2.05, 4.69) is 43.0 Å². The molecule has 1 atom stereocenters. The van der Waals surface area contributed by atoms with Gasteiger partial charge in [-0.2, -0.15) is 0 Å². The van der Waals surface area contributed by atoms with Crippen LogP contribution in [0.2, 0.25) is 0 Å². The van der Waals surface area contributed by atoms with E-state index in [1.54, 1.807) is 0 Å².